The van der Waals surface area contributed by atoms with Gasteiger partial charge in [0.15, 0.2) is 11.4 Å². The molecule has 1 aliphatic heterocycles. The smallest absolute Gasteiger partial charge is 0.275 e. The number of hydrogen-bond donors (Lipinski definition) is 2. The van der Waals surface area contributed by atoms with E-state index in [1.165, 1.54) is 22.9 Å². The quantitative estimate of drug-likeness (QED) is 0.638. The molecule has 1 spiro atoms. The fraction of sp³-hybridized carbons (Fsp3) is 0.435. The van der Waals surface area contributed by atoms with Crippen LogP contribution in [0.1, 0.15) is 46.7 Å². The molecule has 8 nitrogen and oxygen atoms in total. The Bertz CT molecular complexity index is 1180. The average molecular weight is 478 g/mol. The number of fused-ring (bicyclic) bond motifs is 1. The minimum Gasteiger partial charge on any atom is -0.503 e. The summed E-state index contributed by atoms with van der Waals surface area (Å²) in [6.07, 6.45) is 2.03. The van der Waals surface area contributed by atoms with E-state index in [9.17, 15) is 23.9 Å². The second kappa shape index (κ2) is 8.79. The summed E-state index contributed by atoms with van der Waals surface area (Å²) in [6, 6.07) is 4.40. The molecule has 33 heavy (non-hydrogen) atoms. The van der Waals surface area contributed by atoms with Crippen molar-refractivity contribution in [3.8, 4) is 5.75 Å². The first-order valence-electron chi connectivity index (χ1n) is 10.8. The van der Waals surface area contributed by atoms with Gasteiger partial charge in [-0.05, 0) is 26.3 Å². The number of likely N-dealkylation sites (N-methyl/N-ethyl adjacent to an activating group) is 1. The van der Waals surface area contributed by atoms with Crippen molar-refractivity contribution in [2.24, 2.45) is 5.92 Å². The summed E-state index contributed by atoms with van der Waals surface area (Å²) in [5.74, 6) is -2.54. The molecule has 1 aromatic carbocycles. The van der Waals surface area contributed by atoms with Gasteiger partial charge in [-0.2, -0.15) is 0 Å². The molecule has 1 aromatic heterocycles. The van der Waals surface area contributed by atoms with Gasteiger partial charge in [-0.1, -0.05) is 23.7 Å². The zero-order valence-electron chi connectivity index (χ0n) is 18.4. The maximum absolute atomic E-state index is 14.1. The van der Waals surface area contributed by atoms with Crippen LogP contribution in [-0.2, 0) is 17.8 Å². The summed E-state index contributed by atoms with van der Waals surface area (Å²) in [5, 5.41) is 13.0. The summed E-state index contributed by atoms with van der Waals surface area (Å²) < 4.78 is 21.1. The van der Waals surface area contributed by atoms with Gasteiger partial charge >= 0.3 is 0 Å². The molecule has 0 radical (unpaired) electrons. The van der Waals surface area contributed by atoms with E-state index < -0.39 is 34.3 Å². The molecule has 1 saturated carbocycles. The van der Waals surface area contributed by atoms with Crippen molar-refractivity contribution in [1.82, 2.24) is 14.8 Å². The third-order valence-corrected chi connectivity index (χ3v) is 6.73. The number of carbonyl (C=O) groups excluding carboxylic acids is 2. The highest BCUT2D eigenvalue weighted by molar-refractivity contribution is 6.30. The van der Waals surface area contributed by atoms with Gasteiger partial charge in [-0.25, -0.2) is 4.39 Å². The first-order chi connectivity index (χ1) is 15.7. The van der Waals surface area contributed by atoms with Crippen molar-refractivity contribution in [3.05, 3.63) is 62.3 Å². The second-order valence-corrected chi connectivity index (χ2v) is 8.71. The van der Waals surface area contributed by atoms with E-state index >= 15 is 0 Å². The van der Waals surface area contributed by atoms with Crippen molar-refractivity contribution in [2.75, 3.05) is 19.8 Å². The molecular weight excluding hydrogens is 453 g/mol. The highest BCUT2D eigenvalue weighted by atomic mass is 35.5. The van der Waals surface area contributed by atoms with Gasteiger partial charge in [0, 0.05) is 43.9 Å². The Morgan fingerprint density at radius 2 is 2.12 bits per heavy atom. The zero-order valence-corrected chi connectivity index (χ0v) is 19.1. The lowest BCUT2D eigenvalue weighted by Gasteiger charge is -2.39. The number of benzene rings is 1. The average Bonchev–Trinajstić information content (AvgIpc) is 3.47. The summed E-state index contributed by atoms with van der Waals surface area (Å²) >= 11 is 5.77. The van der Waals surface area contributed by atoms with Gasteiger partial charge in [0.05, 0.1) is 17.2 Å². The molecule has 0 saturated heterocycles. The first-order valence-corrected chi connectivity index (χ1v) is 11.2. The number of halogens is 2. The molecule has 2 aromatic rings. The molecule has 176 valence electrons. The van der Waals surface area contributed by atoms with Crippen molar-refractivity contribution >= 4 is 23.4 Å². The maximum atomic E-state index is 14.1. The van der Waals surface area contributed by atoms with Crippen molar-refractivity contribution in [2.45, 2.75) is 38.9 Å². The summed E-state index contributed by atoms with van der Waals surface area (Å²) in [7, 11) is 0. The van der Waals surface area contributed by atoms with Crippen molar-refractivity contribution in [1.29, 1.82) is 0 Å². The molecule has 2 atom stereocenters. The van der Waals surface area contributed by atoms with Crippen LogP contribution in [0.25, 0.3) is 0 Å². The Balaban J connectivity index is 1.63. The Labute approximate surface area is 194 Å². The van der Waals surface area contributed by atoms with Crippen molar-refractivity contribution < 1.29 is 23.8 Å². The first kappa shape index (κ1) is 23.3. The Hall–Kier alpha value is -2.91. The normalized spacial score (nSPS) is 21.3. The lowest BCUT2D eigenvalue weighted by molar-refractivity contribution is 0.0470. The van der Waals surface area contributed by atoms with Crippen LogP contribution in [0.5, 0.6) is 5.75 Å². The lowest BCUT2D eigenvalue weighted by atomic mass is 10.0. The number of aromatic nitrogens is 1. The largest absolute Gasteiger partial charge is 0.503 e. The van der Waals surface area contributed by atoms with Crippen LogP contribution in [-0.4, -0.2) is 51.7 Å². The van der Waals surface area contributed by atoms with E-state index in [0.717, 1.165) is 6.42 Å². The number of nitrogens with zero attached hydrogens (tertiary/aromatic N) is 2. The van der Waals surface area contributed by atoms with E-state index in [4.69, 9.17) is 16.3 Å². The van der Waals surface area contributed by atoms with Crippen LogP contribution < -0.4 is 10.7 Å². The lowest BCUT2D eigenvalue weighted by Crippen LogP contribution is -2.52. The number of aromatic hydroxyl groups is 1. The maximum Gasteiger partial charge on any atom is 0.275 e. The third-order valence-electron chi connectivity index (χ3n) is 6.44. The predicted molar refractivity (Wildman–Crippen MR) is 119 cm³/mol. The fourth-order valence-electron chi connectivity index (χ4n) is 4.65. The molecule has 1 fully saturated rings. The standard InChI is InChI=1S/C23H25ClFN3O5/c1-3-28-22(32)18-20(30)19(29)15(10-27(18)12-23(28)8-14(23)11-33-4-2)21(31)26-9-13-6-5-7-16(24)17(13)25/h5-7,10,14,30H,3-4,8-9,11-12H2,1-2H3,(H,26,31). The minimum atomic E-state index is -0.952. The summed E-state index contributed by atoms with van der Waals surface area (Å²) in [5.41, 5.74) is -1.73. The predicted octanol–water partition coefficient (Wildman–Crippen LogP) is 2.55. The van der Waals surface area contributed by atoms with E-state index in [1.807, 2.05) is 13.8 Å². The van der Waals surface area contributed by atoms with E-state index in [2.05, 4.69) is 5.32 Å². The monoisotopic (exact) mass is 477 g/mol. The van der Waals surface area contributed by atoms with Crippen LogP contribution in [0.2, 0.25) is 5.02 Å². The number of rotatable bonds is 7. The second-order valence-electron chi connectivity index (χ2n) is 8.31. The number of pyridine rings is 1. The molecule has 4 rings (SSSR count). The SMILES string of the molecule is CCOCC1CC12Cn1cc(C(=O)NCc3cccc(Cl)c3F)c(=O)c(O)c1C(=O)N2CC. The van der Waals surface area contributed by atoms with Gasteiger partial charge in [0.2, 0.25) is 5.43 Å². The van der Waals surface area contributed by atoms with Crippen LogP contribution >= 0.6 is 11.6 Å². The molecular formula is C23H25ClFN3O5. The molecule has 1 aliphatic carbocycles. The molecule has 2 unspecified atom stereocenters. The molecule has 0 bridgehead atoms. The Morgan fingerprint density at radius 3 is 2.82 bits per heavy atom. The van der Waals surface area contributed by atoms with Crippen LogP contribution in [0, 0.1) is 11.7 Å². The topological polar surface area (TPSA) is 101 Å². The minimum absolute atomic E-state index is 0.0800. The molecule has 10 heteroatoms. The summed E-state index contributed by atoms with van der Waals surface area (Å²) in [4.78, 5) is 40.3. The Morgan fingerprint density at radius 1 is 1.36 bits per heavy atom. The molecule has 2 N–H and O–H groups in total. The summed E-state index contributed by atoms with van der Waals surface area (Å²) in [6.45, 7) is 5.36. The molecule has 2 aliphatic rings. The number of hydrogen-bond acceptors (Lipinski definition) is 5. The third kappa shape index (κ3) is 3.89. The fourth-order valence-corrected chi connectivity index (χ4v) is 4.85. The van der Waals surface area contributed by atoms with Gasteiger partial charge < -0.3 is 24.6 Å². The van der Waals surface area contributed by atoms with Crippen LogP contribution in [0.15, 0.2) is 29.2 Å². The van der Waals surface area contributed by atoms with E-state index in [0.29, 0.717) is 26.3 Å². The Kier molecular flexibility index (Phi) is 6.20. The number of carbonyl (C=O) groups is 2. The van der Waals surface area contributed by atoms with E-state index in [-0.39, 0.29) is 34.3 Å². The van der Waals surface area contributed by atoms with Gasteiger partial charge in [0.1, 0.15) is 11.4 Å². The van der Waals surface area contributed by atoms with Crippen molar-refractivity contribution in [3.63, 3.8) is 0 Å². The number of nitrogens with one attached hydrogen (secondary N) is 1. The van der Waals surface area contributed by atoms with Crippen LogP contribution in [0.4, 0.5) is 4.39 Å². The molecule has 2 amide bonds. The number of ether oxygens (including phenoxy) is 1. The van der Waals surface area contributed by atoms with Crippen LogP contribution in [0.3, 0.4) is 0 Å². The molecule has 2 heterocycles. The highest BCUT2D eigenvalue weighted by Crippen LogP contribution is 2.52. The highest BCUT2D eigenvalue weighted by Gasteiger charge is 2.62. The van der Waals surface area contributed by atoms with Gasteiger partial charge in [-0.3, -0.25) is 14.4 Å². The number of amides is 2. The van der Waals surface area contributed by atoms with Gasteiger partial charge in [0.25, 0.3) is 11.8 Å². The zero-order chi connectivity index (χ0) is 23.9. The van der Waals surface area contributed by atoms with E-state index in [1.54, 1.807) is 11.0 Å². The van der Waals surface area contributed by atoms with Gasteiger partial charge in [-0.15, -0.1) is 0 Å².